The van der Waals surface area contributed by atoms with Crippen molar-refractivity contribution in [3.8, 4) is 0 Å². The molecule has 10 aliphatic heterocycles. The Kier molecular flexibility index (Phi) is 2.05. The summed E-state index contributed by atoms with van der Waals surface area (Å²) in [7, 11) is 0.244. The quantitative estimate of drug-likeness (QED) is 0.206. The molecule has 0 aliphatic carbocycles. The molecule has 6 heteroatoms. The van der Waals surface area contributed by atoms with E-state index in [1.165, 1.54) is 38.5 Å². The largest absolute Gasteiger partial charge is 0.147 e. The Hall–Kier alpha value is 2.62. The number of hydrogen-bond donors (Lipinski definition) is 0. The zero-order valence-electron chi connectivity index (χ0n) is 22.0. The van der Waals surface area contributed by atoms with E-state index in [1.807, 2.05) is 0 Å². The van der Waals surface area contributed by atoms with Gasteiger partial charge in [0.05, 0.1) is 0 Å². The molecule has 10 saturated heterocycles. The van der Waals surface area contributed by atoms with E-state index in [0.717, 1.165) is 8.11 Å². The van der Waals surface area contributed by atoms with Crippen molar-refractivity contribution in [3.63, 3.8) is 0 Å². The molecule has 0 aromatic heterocycles. The van der Waals surface area contributed by atoms with E-state index in [-0.39, 0.29) is 61.1 Å². The second kappa shape index (κ2) is 2.77. The van der Waals surface area contributed by atoms with Crippen LogP contribution in [0.2, 0.25) is 38.5 Å². The molecule has 0 radical (unpaired) electrons. The molecule has 0 aromatic carbocycles. The molecule has 0 aromatic rings. The molecule has 32 heavy (non-hydrogen) atoms. The number of rotatable bonds is 2. The fraction of sp³-hybridized carbons (Fsp3) is 1.00. The third-order valence-electron chi connectivity index (χ3n) is 18.0. The molecule has 0 amide bonds. The van der Waals surface area contributed by atoms with E-state index in [4.69, 9.17) is 0 Å². The summed E-state index contributed by atoms with van der Waals surface area (Å²) in [6, 6.07) is 0. The average Bonchev–Trinajstić information content (AvgIpc) is 3.36. The molecule has 0 saturated carbocycles. The zero-order valence-corrected chi connectivity index (χ0v) is 28.1. The molecule has 0 bridgehead atoms. The van der Waals surface area contributed by atoms with Crippen molar-refractivity contribution in [2.24, 2.45) is 0 Å². The maximum Gasteiger partial charge on any atom is 0 e. The van der Waals surface area contributed by atoms with Gasteiger partial charge in [-0.3, -0.25) is 0 Å². The molecule has 10 rings (SSSR count). The van der Waals surface area contributed by atoms with E-state index >= 15 is 0 Å². The van der Waals surface area contributed by atoms with Crippen LogP contribution in [0.1, 0.15) is 83.1 Å². The predicted octanol–water partition coefficient (Wildman–Crippen LogP) is 10.2. The van der Waals surface area contributed by atoms with Gasteiger partial charge in [0, 0.05) is 20.4 Å². The minimum absolute atomic E-state index is 0. The molecule has 0 nitrogen and oxygen atoms in total. The van der Waals surface area contributed by atoms with E-state index in [1.54, 1.807) is 0 Å². The molecule has 192 valence electrons. The van der Waals surface area contributed by atoms with Gasteiger partial charge in [-0.05, 0) is 0 Å². The van der Waals surface area contributed by atoms with Crippen molar-refractivity contribution in [2.75, 3.05) is 0 Å². The maximum atomic E-state index is 2.68. The second-order valence-electron chi connectivity index (χ2n) is 19.1. The van der Waals surface area contributed by atoms with Gasteiger partial charge in [0.2, 0.25) is 0 Å². The number of hydrogen-bond acceptors (Lipinski definition) is 0. The Bertz CT molecular complexity index is 1240. The fourth-order valence-electron chi connectivity index (χ4n) is 21.6. The summed E-state index contributed by atoms with van der Waals surface area (Å²) in [6.07, 6.45) is 0. The fourth-order valence-corrected chi connectivity index (χ4v) is 133. The first-order valence-electron chi connectivity index (χ1n) is 12.5. The van der Waals surface area contributed by atoms with Crippen LogP contribution >= 0.6 is 40.7 Å². The monoisotopic (exact) mass is 652 g/mol. The third kappa shape index (κ3) is 0.466. The first-order valence-corrected chi connectivity index (χ1v) is 21.4. The SMILES string of the molecule is CC(C)(C)P(C(C)(C)C)[C]12[CH]3[CH]4[CH]5[CH]1[Fe]45321678[CH]2[CH]1[CH]6[C]7(P(C(C)(C)C)C(C)(C)C)[CH]28.Cl.Cl.[Pd]. The molecule has 10 heterocycles. The van der Waals surface area contributed by atoms with Crippen LogP contribution in [0.25, 0.3) is 0 Å². The van der Waals surface area contributed by atoms with Gasteiger partial charge < -0.3 is 0 Å². The standard InChI is InChI=1S/2C13H22P.2ClH.Fe.Pd/c2*1-12(2,3)14(13(4,5)6)11-9-7-8-10-11;;;;/h2*7-10H,1-6H3;2*1H;;. The van der Waals surface area contributed by atoms with Crippen LogP contribution in [0, 0.1) is 0 Å². The van der Waals surface area contributed by atoms with Crippen LogP contribution in [-0.4, -0.2) is 28.7 Å². The summed E-state index contributed by atoms with van der Waals surface area (Å²) in [4.78, 5) is 11.4. The van der Waals surface area contributed by atoms with E-state index in [0.29, 0.717) is 20.6 Å². The van der Waals surface area contributed by atoms with Gasteiger partial charge in [-0.15, -0.1) is 24.8 Å². The van der Waals surface area contributed by atoms with E-state index in [2.05, 4.69) is 83.1 Å². The summed E-state index contributed by atoms with van der Waals surface area (Å²) in [6.45, 7) is 28.7. The van der Waals surface area contributed by atoms with E-state index < -0.39 is 6.51 Å². The molecule has 10 aliphatic rings. The van der Waals surface area contributed by atoms with Gasteiger partial charge in [-0.25, -0.2) is 0 Å². The smallest absolute Gasteiger partial charge is 0 e. The number of fused-ring (bicyclic) bond motifs is 10. The zero-order chi connectivity index (χ0) is 21.1. The molecule has 8 atom stereocenters. The van der Waals surface area contributed by atoms with Crippen LogP contribution in [-0.2, 0) is 26.9 Å². The molecule has 0 N–H and O–H groups in total. The van der Waals surface area contributed by atoms with Gasteiger partial charge in [-0.2, -0.15) is 0 Å². The molecular formula is C26H46Cl2FeP2Pd. The van der Waals surface area contributed by atoms with Crippen LogP contribution in [0.3, 0.4) is 0 Å². The first kappa shape index (κ1) is 23.7. The molecule has 1 spiro atoms. The Labute approximate surface area is 216 Å². The Balaban J connectivity index is 0.000000602. The molecule has 8 unspecified atom stereocenters. The van der Waals surface area contributed by atoms with Crippen LogP contribution in [0.4, 0.5) is 0 Å². The molecular weight excluding hydrogens is 607 g/mol. The van der Waals surface area contributed by atoms with Gasteiger partial charge in [0.25, 0.3) is 0 Å². The van der Waals surface area contributed by atoms with Crippen LogP contribution in [0.15, 0.2) is 0 Å². The average molecular weight is 654 g/mol. The van der Waals surface area contributed by atoms with Gasteiger partial charge in [0.1, 0.15) is 0 Å². The van der Waals surface area contributed by atoms with Crippen LogP contribution < -0.4 is 0 Å². The summed E-state index contributed by atoms with van der Waals surface area (Å²) in [5, 5.41) is 2.22. The second-order valence-corrected chi connectivity index (χ2v) is 51.2. The van der Waals surface area contributed by atoms with Crippen molar-refractivity contribution in [3.05, 3.63) is 0 Å². The van der Waals surface area contributed by atoms with Crippen molar-refractivity contribution < 1.29 is 26.9 Å². The topological polar surface area (TPSA) is 0 Å². The first-order chi connectivity index (χ1) is 12.7. The number of halogens is 2. The van der Waals surface area contributed by atoms with E-state index in [9.17, 15) is 0 Å². The molecule has 10 fully saturated rings. The minimum atomic E-state index is -3.47. The van der Waals surface area contributed by atoms with Crippen molar-refractivity contribution >= 4 is 40.7 Å². The Morgan fingerprint density at radius 2 is 0.656 bits per heavy atom. The Morgan fingerprint density at radius 3 is 0.781 bits per heavy atom. The maximum absolute atomic E-state index is 3.47. The Morgan fingerprint density at radius 1 is 0.469 bits per heavy atom. The summed E-state index contributed by atoms with van der Waals surface area (Å²) < 4.78 is 2.08. The van der Waals surface area contributed by atoms with Crippen molar-refractivity contribution in [1.29, 1.82) is 0 Å². The predicted molar refractivity (Wildman–Crippen MR) is 143 cm³/mol. The summed E-state index contributed by atoms with van der Waals surface area (Å²) in [5.41, 5.74) is 0. The van der Waals surface area contributed by atoms with Gasteiger partial charge >= 0.3 is 173 Å². The van der Waals surface area contributed by atoms with Crippen molar-refractivity contribution in [1.82, 2.24) is 0 Å². The van der Waals surface area contributed by atoms with Crippen LogP contribution in [0.5, 0.6) is 0 Å². The third-order valence-corrected chi connectivity index (χ3v) is 76.8. The summed E-state index contributed by atoms with van der Waals surface area (Å²) >= 11 is 0. The van der Waals surface area contributed by atoms with Gasteiger partial charge in [0.15, 0.2) is 0 Å². The van der Waals surface area contributed by atoms with Crippen molar-refractivity contribution in [2.45, 2.75) is 150 Å². The van der Waals surface area contributed by atoms with Gasteiger partial charge in [-0.1, -0.05) is 0 Å². The summed E-state index contributed by atoms with van der Waals surface area (Å²) in [5.74, 6) is 0. The minimum Gasteiger partial charge on any atom is -0.147 e. The normalized spacial score (nSPS) is 72.8.